The molecule has 126 valence electrons. The van der Waals surface area contributed by atoms with E-state index in [4.69, 9.17) is 4.52 Å². The Morgan fingerprint density at radius 2 is 1.96 bits per heavy atom. The molecule has 0 saturated carbocycles. The van der Waals surface area contributed by atoms with Crippen LogP contribution in [0.5, 0.6) is 0 Å². The lowest BCUT2D eigenvalue weighted by molar-refractivity contribution is 0.0941. The van der Waals surface area contributed by atoms with E-state index in [0.29, 0.717) is 28.1 Å². The van der Waals surface area contributed by atoms with Gasteiger partial charge in [-0.3, -0.25) is 9.48 Å². The lowest BCUT2D eigenvalue weighted by Crippen LogP contribution is -2.27. The Morgan fingerprint density at radius 3 is 2.58 bits per heavy atom. The zero-order valence-electron chi connectivity index (χ0n) is 14.8. The summed E-state index contributed by atoms with van der Waals surface area (Å²) in [4.78, 5) is 17.1. The highest BCUT2D eigenvalue weighted by atomic mass is 16.5. The van der Waals surface area contributed by atoms with Crippen molar-refractivity contribution >= 4 is 17.0 Å². The predicted octanol–water partition coefficient (Wildman–Crippen LogP) is 2.68. The molecule has 1 amide bonds. The average molecular weight is 327 g/mol. The molecular formula is C17H21N5O2. The summed E-state index contributed by atoms with van der Waals surface area (Å²) in [7, 11) is 1.90. The van der Waals surface area contributed by atoms with Crippen LogP contribution in [0.25, 0.3) is 11.1 Å². The highest BCUT2D eigenvalue weighted by molar-refractivity contribution is 6.06. The van der Waals surface area contributed by atoms with Crippen LogP contribution in [0.2, 0.25) is 0 Å². The van der Waals surface area contributed by atoms with Crippen LogP contribution in [-0.4, -0.2) is 25.8 Å². The Labute approximate surface area is 140 Å². The summed E-state index contributed by atoms with van der Waals surface area (Å²) in [6.07, 6.45) is 0. The fourth-order valence-electron chi connectivity index (χ4n) is 3.16. The Kier molecular flexibility index (Phi) is 3.87. The van der Waals surface area contributed by atoms with Crippen LogP contribution in [0.3, 0.4) is 0 Å². The van der Waals surface area contributed by atoms with E-state index >= 15 is 0 Å². The maximum absolute atomic E-state index is 12.8. The van der Waals surface area contributed by atoms with Gasteiger partial charge >= 0.3 is 0 Å². The number of carbonyl (C=O) groups excluding carboxylic acids is 1. The van der Waals surface area contributed by atoms with Gasteiger partial charge in [-0.15, -0.1) is 0 Å². The lowest BCUT2D eigenvalue weighted by atomic mass is 10.0. The molecule has 3 rings (SSSR count). The minimum Gasteiger partial charge on any atom is -0.345 e. The third kappa shape index (κ3) is 2.55. The van der Waals surface area contributed by atoms with E-state index < -0.39 is 0 Å². The Hall–Kier alpha value is -2.70. The minimum absolute atomic E-state index is 0.158. The average Bonchev–Trinajstić information content (AvgIpc) is 2.98. The van der Waals surface area contributed by atoms with Crippen molar-refractivity contribution < 1.29 is 9.32 Å². The van der Waals surface area contributed by atoms with Gasteiger partial charge in [0.2, 0.25) is 0 Å². The third-order valence-corrected chi connectivity index (χ3v) is 4.34. The Bertz CT molecular complexity index is 938. The molecule has 0 aromatic carbocycles. The molecule has 1 atom stereocenters. The molecule has 0 saturated heterocycles. The normalized spacial score (nSPS) is 12.6. The van der Waals surface area contributed by atoms with Crippen LogP contribution in [-0.2, 0) is 7.05 Å². The van der Waals surface area contributed by atoms with E-state index in [-0.39, 0.29) is 11.9 Å². The maximum Gasteiger partial charge on any atom is 0.258 e. The van der Waals surface area contributed by atoms with Crippen molar-refractivity contribution in [3.8, 4) is 0 Å². The number of pyridine rings is 1. The Morgan fingerprint density at radius 1 is 1.25 bits per heavy atom. The second-order valence-electron chi connectivity index (χ2n) is 6.16. The van der Waals surface area contributed by atoms with Crippen molar-refractivity contribution in [1.29, 1.82) is 0 Å². The number of aryl methyl sites for hydroxylation is 4. The summed E-state index contributed by atoms with van der Waals surface area (Å²) in [5.41, 5.74) is 5.28. The zero-order chi connectivity index (χ0) is 17.6. The van der Waals surface area contributed by atoms with Gasteiger partial charge < -0.3 is 9.84 Å². The standard InChI is InChI=1S/C17H21N5O2/c1-8-7-13(15-11(4)21-24-17(15)18-8)16(23)19-9(2)14-10(3)20-22(6)12(14)5/h7,9H,1-6H3,(H,19,23)/t9-/m0/s1. The molecule has 0 fully saturated rings. The molecule has 3 aromatic rings. The molecule has 24 heavy (non-hydrogen) atoms. The van der Waals surface area contributed by atoms with Crippen LogP contribution in [0.1, 0.15) is 51.7 Å². The largest absolute Gasteiger partial charge is 0.345 e. The second kappa shape index (κ2) is 5.74. The topological polar surface area (TPSA) is 85.8 Å². The first-order chi connectivity index (χ1) is 11.3. The molecule has 0 unspecified atom stereocenters. The van der Waals surface area contributed by atoms with Crippen LogP contribution in [0.4, 0.5) is 0 Å². The van der Waals surface area contributed by atoms with Crippen molar-refractivity contribution in [2.75, 3.05) is 0 Å². The zero-order valence-corrected chi connectivity index (χ0v) is 14.8. The number of hydrogen-bond acceptors (Lipinski definition) is 5. The lowest BCUT2D eigenvalue weighted by Gasteiger charge is -2.15. The number of hydrogen-bond donors (Lipinski definition) is 1. The fraction of sp³-hybridized carbons (Fsp3) is 0.412. The summed E-state index contributed by atoms with van der Waals surface area (Å²) in [6, 6.07) is 1.60. The molecule has 1 N–H and O–H groups in total. The third-order valence-electron chi connectivity index (χ3n) is 4.34. The molecule has 7 nitrogen and oxygen atoms in total. The van der Waals surface area contributed by atoms with E-state index in [2.05, 4.69) is 20.6 Å². The second-order valence-corrected chi connectivity index (χ2v) is 6.16. The monoisotopic (exact) mass is 327 g/mol. The SMILES string of the molecule is Cc1cc(C(=O)N[C@@H](C)c2c(C)nn(C)c2C)c2c(C)noc2n1. The predicted molar refractivity (Wildman–Crippen MR) is 89.8 cm³/mol. The van der Waals surface area contributed by atoms with E-state index in [9.17, 15) is 4.79 Å². The molecule has 3 heterocycles. The van der Waals surface area contributed by atoms with E-state index in [1.165, 1.54) is 0 Å². The van der Waals surface area contributed by atoms with Gasteiger partial charge in [0.1, 0.15) is 0 Å². The van der Waals surface area contributed by atoms with Gasteiger partial charge in [-0.2, -0.15) is 5.10 Å². The van der Waals surface area contributed by atoms with Gasteiger partial charge in [0.15, 0.2) is 0 Å². The van der Waals surface area contributed by atoms with Crippen molar-refractivity contribution in [3.05, 3.63) is 40.0 Å². The first kappa shape index (κ1) is 16.2. The molecule has 0 aliphatic rings. The van der Waals surface area contributed by atoms with Crippen molar-refractivity contribution in [2.45, 2.75) is 40.7 Å². The van der Waals surface area contributed by atoms with E-state index in [0.717, 1.165) is 17.0 Å². The molecule has 0 radical (unpaired) electrons. The number of fused-ring (bicyclic) bond motifs is 1. The number of nitrogens with one attached hydrogen (secondary N) is 1. The first-order valence-electron chi connectivity index (χ1n) is 7.84. The van der Waals surface area contributed by atoms with E-state index in [1.807, 2.05) is 39.4 Å². The summed E-state index contributed by atoms with van der Waals surface area (Å²) in [5, 5.41) is 12.0. The number of rotatable bonds is 3. The van der Waals surface area contributed by atoms with Crippen LogP contribution in [0.15, 0.2) is 10.6 Å². The summed E-state index contributed by atoms with van der Waals surface area (Å²) in [5.74, 6) is -0.174. The van der Waals surface area contributed by atoms with Crippen molar-refractivity contribution in [3.63, 3.8) is 0 Å². The van der Waals surface area contributed by atoms with Crippen molar-refractivity contribution in [1.82, 2.24) is 25.2 Å². The summed E-state index contributed by atoms with van der Waals surface area (Å²) in [6.45, 7) is 9.53. The molecular weight excluding hydrogens is 306 g/mol. The van der Waals surface area contributed by atoms with Crippen molar-refractivity contribution in [2.24, 2.45) is 7.05 Å². The minimum atomic E-state index is -0.174. The molecule has 0 aliphatic heterocycles. The fourth-order valence-corrected chi connectivity index (χ4v) is 3.16. The smallest absolute Gasteiger partial charge is 0.258 e. The van der Waals surface area contributed by atoms with Gasteiger partial charge in [0, 0.05) is 24.0 Å². The number of amides is 1. The van der Waals surface area contributed by atoms with Gasteiger partial charge in [-0.1, -0.05) is 5.16 Å². The van der Waals surface area contributed by atoms with Crippen LogP contribution >= 0.6 is 0 Å². The van der Waals surface area contributed by atoms with Gasteiger partial charge in [0.25, 0.3) is 11.6 Å². The van der Waals surface area contributed by atoms with Gasteiger partial charge in [-0.25, -0.2) is 4.98 Å². The quantitative estimate of drug-likeness (QED) is 0.799. The number of aromatic nitrogens is 4. The molecule has 0 bridgehead atoms. The summed E-state index contributed by atoms with van der Waals surface area (Å²) >= 11 is 0. The molecule has 0 spiro atoms. The number of carbonyl (C=O) groups is 1. The van der Waals surface area contributed by atoms with Crippen LogP contribution in [0, 0.1) is 27.7 Å². The summed E-state index contributed by atoms with van der Waals surface area (Å²) < 4.78 is 7.02. The maximum atomic E-state index is 12.8. The van der Waals surface area contributed by atoms with E-state index in [1.54, 1.807) is 13.0 Å². The molecule has 0 aliphatic carbocycles. The molecule has 7 heteroatoms. The number of nitrogens with zero attached hydrogens (tertiary/aromatic N) is 4. The van der Waals surface area contributed by atoms with Gasteiger partial charge in [0.05, 0.1) is 28.4 Å². The highest BCUT2D eigenvalue weighted by Crippen LogP contribution is 2.24. The van der Waals surface area contributed by atoms with Crippen LogP contribution < -0.4 is 5.32 Å². The molecule has 3 aromatic heterocycles. The van der Waals surface area contributed by atoms with Gasteiger partial charge in [-0.05, 0) is 40.7 Å². The Balaban J connectivity index is 1.97. The first-order valence-corrected chi connectivity index (χ1v) is 7.84. The highest BCUT2D eigenvalue weighted by Gasteiger charge is 2.22.